The summed E-state index contributed by atoms with van der Waals surface area (Å²) in [5, 5.41) is 6.92. The number of rotatable bonds is 5. The molecule has 0 atom stereocenters. The summed E-state index contributed by atoms with van der Waals surface area (Å²) in [6.07, 6.45) is 0. The van der Waals surface area contributed by atoms with Gasteiger partial charge in [-0.15, -0.1) is 0 Å². The van der Waals surface area contributed by atoms with Crippen LogP contribution in [-0.2, 0) is 4.74 Å². The molecule has 0 aliphatic heterocycles. The van der Waals surface area contributed by atoms with Crippen LogP contribution < -0.4 is 10.6 Å². The van der Waals surface area contributed by atoms with Crippen molar-refractivity contribution in [2.75, 3.05) is 17.7 Å². The molecule has 3 rings (SSSR count). The standard InChI is InChI=1S/C19H17ClN4O2/c1-12-11-17(23-16-6-4-3-5-15(16)20)24-19(21-12)22-14-9-7-13(8-10-14)18(25)26-2/h3-11H,1-2H3,(H2,21,22,23,24). The monoisotopic (exact) mass is 368 g/mol. The number of carbonyl (C=O) groups excluding carboxylic acids is 1. The number of aromatic nitrogens is 2. The Morgan fingerprint density at radius 2 is 1.77 bits per heavy atom. The van der Waals surface area contributed by atoms with Crippen LogP contribution in [0.5, 0.6) is 0 Å². The van der Waals surface area contributed by atoms with Gasteiger partial charge in [0.05, 0.1) is 23.4 Å². The molecule has 0 amide bonds. The van der Waals surface area contributed by atoms with E-state index in [-0.39, 0.29) is 5.97 Å². The molecule has 0 aliphatic carbocycles. The van der Waals surface area contributed by atoms with Gasteiger partial charge < -0.3 is 15.4 Å². The fourth-order valence-electron chi connectivity index (χ4n) is 2.33. The number of hydrogen-bond donors (Lipinski definition) is 2. The topological polar surface area (TPSA) is 76.1 Å². The van der Waals surface area contributed by atoms with E-state index in [2.05, 4.69) is 25.3 Å². The summed E-state index contributed by atoms with van der Waals surface area (Å²) in [5.41, 5.74) is 2.79. The molecule has 0 bridgehead atoms. The van der Waals surface area contributed by atoms with Crippen LogP contribution in [0.4, 0.5) is 23.1 Å². The van der Waals surface area contributed by atoms with Gasteiger partial charge in [0.25, 0.3) is 0 Å². The molecule has 6 nitrogen and oxygen atoms in total. The van der Waals surface area contributed by atoms with E-state index in [4.69, 9.17) is 11.6 Å². The quantitative estimate of drug-likeness (QED) is 0.635. The number of esters is 1. The first-order valence-corrected chi connectivity index (χ1v) is 8.25. The van der Waals surface area contributed by atoms with Crippen LogP contribution in [0.15, 0.2) is 54.6 Å². The smallest absolute Gasteiger partial charge is 0.337 e. The Morgan fingerprint density at radius 1 is 1.04 bits per heavy atom. The Bertz CT molecular complexity index is 929. The van der Waals surface area contributed by atoms with Crippen LogP contribution in [0.1, 0.15) is 16.1 Å². The zero-order chi connectivity index (χ0) is 18.5. The lowest BCUT2D eigenvalue weighted by Crippen LogP contribution is -2.04. The number of methoxy groups -OCH3 is 1. The Labute approximate surface area is 156 Å². The van der Waals surface area contributed by atoms with Crippen LogP contribution in [-0.4, -0.2) is 23.0 Å². The predicted octanol–water partition coefficient (Wildman–Crippen LogP) is 4.71. The van der Waals surface area contributed by atoms with Gasteiger partial charge in [-0.2, -0.15) is 4.98 Å². The summed E-state index contributed by atoms with van der Waals surface area (Å²) >= 11 is 6.18. The summed E-state index contributed by atoms with van der Waals surface area (Å²) in [7, 11) is 1.35. The highest BCUT2D eigenvalue weighted by Crippen LogP contribution is 2.25. The second-order valence-corrected chi connectivity index (χ2v) is 5.92. The van der Waals surface area contributed by atoms with Crippen molar-refractivity contribution in [2.45, 2.75) is 6.92 Å². The zero-order valence-electron chi connectivity index (χ0n) is 14.3. The van der Waals surface area contributed by atoms with Crippen molar-refractivity contribution in [1.29, 1.82) is 0 Å². The summed E-state index contributed by atoms with van der Waals surface area (Å²) in [4.78, 5) is 20.3. The number of anilines is 4. The number of nitrogens with zero attached hydrogens (tertiary/aromatic N) is 2. The molecule has 2 N–H and O–H groups in total. The Morgan fingerprint density at radius 3 is 2.46 bits per heavy atom. The number of para-hydroxylation sites is 1. The normalized spacial score (nSPS) is 10.3. The first-order chi connectivity index (χ1) is 12.5. The predicted molar refractivity (Wildman–Crippen MR) is 103 cm³/mol. The second-order valence-electron chi connectivity index (χ2n) is 5.52. The highest BCUT2D eigenvalue weighted by atomic mass is 35.5. The lowest BCUT2D eigenvalue weighted by Gasteiger charge is -2.11. The molecule has 0 radical (unpaired) electrons. The maximum absolute atomic E-state index is 11.5. The fourth-order valence-corrected chi connectivity index (χ4v) is 2.51. The molecule has 0 saturated heterocycles. The molecule has 26 heavy (non-hydrogen) atoms. The van der Waals surface area contributed by atoms with Gasteiger partial charge in [0.15, 0.2) is 0 Å². The van der Waals surface area contributed by atoms with Crippen molar-refractivity contribution in [3.8, 4) is 0 Å². The number of halogens is 1. The maximum atomic E-state index is 11.5. The molecule has 0 aliphatic rings. The lowest BCUT2D eigenvalue weighted by atomic mass is 10.2. The third kappa shape index (κ3) is 4.29. The zero-order valence-corrected chi connectivity index (χ0v) is 15.0. The van der Waals surface area contributed by atoms with Crippen molar-refractivity contribution in [2.24, 2.45) is 0 Å². The van der Waals surface area contributed by atoms with Gasteiger partial charge in [0.2, 0.25) is 5.95 Å². The Kier molecular flexibility index (Phi) is 5.34. The average molecular weight is 369 g/mol. The van der Waals surface area contributed by atoms with Crippen molar-refractivity contribution >= 4 is 40.7 Å². The largest absolute Gasteiger partial charge is 0.465 e. The summed E-state index contributed by atoms with van der Waals surface area (Å²) in [6.45, 7) is 1.88. The molecule has 132 valence electrons. The van der Waals surface area contributed by atoms with Crippen molar-refractivity contribution in [1.82, 2.24) is 9.97 Å². The van der Waals surface area contributed by atoms with E-state index in [9.17, 15) is 4.79 Å². The van der Waals surface area contributed by atoms with Crippen molar-refractivity contribution in [3.05, 3.63) is 70.9 Å². The number of hydrogen-bond acceptors (Lipinski definition) is 6. The second kappa shape index (κ2) is 7.84. The van der Waals surface area contributed by atoms with E-state index in [0.29, 0.717) is 22.4 Å². The summed E-state index contributed by atoms with van der Waals surface area (Å²) < 4.78 is 4.69. The van der Waals surface area contributed by atoms with Crippen LogP contribution in [0, 0.1) is 6.92 Å². The van der Waals surface area contributed by atoms with E-state index >= 15 is 0 Å². The minimum Gasteiger partial charge on any atom is -0.465 e. The van der Waals surface area contributed by atoms with Crippen molar-refractivity contribution < 1.29 is 9.53 Å². The van der Waals surface area contributed by atoms with Crippen LogP contribution in [0.3, 0.4) is 0 Å². The lowest BCUT2D eigenvalue weighted by molar-refractivity contribution is 0.0601. The molecule has 3 aromatic rings. The van der Waals surface area contributed by atoms with E-state index in [1.165, 1.54) is 7.11 Å². The number of benzene rings is 2. The third-order valence-electron chi connectivity index (χ3n) is 3.55. The van der Waals surface area contributed by atoms with E-state index in [1.54, 1.807) is 30.3 Å². The van der Waals surface area contributed by atoms with Gasteiger partial charge in [-0.1, -0.05) is 23.7 Å². The van der Waals surface area contributed by atoms with E-state index < -0.39 is 0 Å². The minimum absolute atomic E-state index is 0.380. The summed E-state index contributed by atoms with van der Waals surface area (Å²) in [5.74, 6) is 0.680. The molecule has 0 unspecified atom stereocenters. The average Bonchev–Trinajstić information content (AvgIpc) is 2.63. The molecule has 2 aromatic carbocycles. The maximum Gasteiger partial charge on any atom is 0.337 e. The number of aryl methyl sites for hydroxylation is 1. The van der Waals surface area contributed by atoms with Gasteiger partial charge in [-0.3, -0.25) is 0 Å². The number of carbonyl (C=O) groups is 1. The first-order valence-electron chi connectivity index (χ1n) is 7.88. The van der Waals surface area contributed by atoms with E-state index in [0.717, 1.165) is 17.1 Å². The Balaban J connectivity index is 1.79. The van der Waals surface area contributed by atoms with Gasteiger partial charge >= 0.3 is 5.97 Å². The van der Waals surface area contributed by atoms with Gasteiger partial charge in [0, 0.05) is 17.4 Å². The molecular weight excluding hydrogens is 352 g/mol. The minimum atomic E-state index is -0.380. The molecule has 1 heterocycles. The van der Waals surface area contributed by atoms with E-state index in [1.807, 2.05) is 31.2 Å². The molecule has 7 heteroatoms. The fraction of sp³-hybridized carbons (Fsp3) is 0.105. The highest BCUT2D eigenvalue weighted by molar-refractivity contribution is 6.33. The molecule has 0 fully saturated rings. The Hall–Kier alpha value is -3.12. The molecule has 1 aromatic heterocycles. The van der Waals surface area contributed by atoms with Gasteiger partial charge in [0.1, 0.15) is 5.82 Å². The first kappa shape index (κ1) is 17.7. The van der Waals surface area contributed by atoms with Crippen LogP contribution in [0.2, 0.25) is 5.02 Å². The van der Waals surface area contributed by atoms with Gasteiger partial charge in [-0.25, -0.2) is 9.78 Å². The molecular formula is C19H17ClN4O2. The SMILES string of the molecule is COC(=O)c1ccc(Nc2nc(C)cc(Nc3ccccc3Cl)n2)cc1. The number of nitrogens with one attached hydrogen (secondary N) is 2. The molecule has 0 saturated carbocycles. The third-order valence-corrected chi connectivity index (χ3v) is 3.88. The van der Waals surface area contributed by atoms with Gasteiger partial charge in [-0.05, 0) is 43.3 Å². The number of ether oxygens (including phenoxy) is 1. The van der Waals surface area contributed by atoms with Crippen LogP contribution >= 0.6 is 11.6 Å². The van der Waals surface area contributed by atoms with Crippen LogP contribution in [0.25, 0.3) is 0 Å². The summed E-state index contributed by atoms with van der Waals surface area (Å²) in [6, 6.07) is 16.1. The van der Waals surface area contributed by atoms with Crippen molar-refractivity contribution in [3.63, 3.8) is 0 Å². The molecule has 0 spiro atoms. The highest BCUT2D eigenvalue weighted by Gasteiger charge is 2.07.